The van der Waals surface area contributed by atoms with Gasteiger partial charge >= 0.3 is 0 Å². The molecule has 0 aromatic heterocycles. The number of hydrogen-bond donors (Lipinski definition) is 4. The van der Waals surface area contributed by atoms with Crippen LogP contribution in [0, 0.1) is 16.7 Å². The van der Waals surface area contributed by atoms with Crippen molar-refractivity contribution < 1.29 is 14.4 Å². The molecule has 1 saturated carbocycles. The van der Waals surface area contributed by atoms with Crippen LogP contribution in [0.5, 0.6) is 0 Å². The van der Waals surface area contributed by atoms with Crippen LogP contribution in [-0.2, 0) is 27.2 Å². The van der Waals surface area contributed by atoms with Gasteiger partial charge in [-0.1, -0.05) is 63.7 Å². The van der Waals surface area contributed by atoms with Gasteiger partial charge in [-0.15, -0.1) is 11.8 Å². The molecule has 2 aromatic carbocycles. The average molecular weight is 620 g/mol. The number of aryl methyl sites for hydroxylation is 1. The Morgan fingerprint density at radius 1 is 1.11 bits per heavy atom. The van der Waals surface area contributed by atoms with Crippen molar-refractivity contribution in [1.82, 2.24) is 15.5 Å². The Morgan fingerprint density at radius 3 is 2.43 bits per heavy atom. The van der Waals surface area contributed by atoms with E-state index in [0.29, 0.717) is 43.6 Å². The molecule has 238 valence electrons. The maximum Gasteiger partial charge on any atom is 0.247 e. The van der Waals surface area contributed by atoms with Crippen molar-refractivity contribution in [3.05, 3.63) is 71.8 Å². The fourth-order valence-corrected chi connectivity index (χ4v) is 6.81. The molecule has 0 saturated heterocycles. The minimum Gasteiger partial charge on any atom is -0.398 e. The molecule has 3 rings (SSSR count). The minimum absolute atomic E-state index is 0.0102. The maximum atomic E-state index is 14.0. The fraction of sp³-hybridized carbons (Fsp3) is 0.486. The molecule has 0 bridgehead atoms. The maximum absolute atomic E-state index is 14.0. The van der Waals surface area contributed by atoms with Crippen molar-refractivity contribution in [3.63, 3.8) is 0 Å². The molecule has 8 nitrogen and oxygen atoms in total. The van der Waals surface area contributed by atoms with E-state index in [-0.39, 0.29) is 40.9 Å². The van der Waals surface area contributed by atoms with Gasteiger partial charge in [-0.25, -0.2) is 0 Å². The first kappa shape index (κ1) is 35.1. The highest BCUT2D eigenvalue weighted by Gasteiger charge is 2.57. The van der Waals surface area contributed by atoms with E-state index >= 15 is 0 Å². The topological polar surface area (TPSA) is 128 Å². The number of nitrogens with one attached hydrogen (secondary N) is 3. The van der Waals surface area contributed by atoms with Gasteiger partial charge in [-0.3, -0.25) is 14.4 Å². The van der Waals surface area contributed by atoms with Crippen molar-refractivity contribution in [1.29, 1.82) is 5.41 Å². The molecule has 0 heterocycles. The van der Waals surface area contributed by atoms with E-state index in [4.69, 9.17) is 11.1 Å². The molecule has 44 heavy (non-hydrogen) atoms. The Labute approximate surface area is 267 Å². The van der Waals surface area contributed by atoms with Gasteiger partial charge in [0.2, 0.25) is 11.8 Å². The Kier molecular flexibility index (Phi) is 12.8. The van der Waals surface area contributed by atoms with Crippen LogP contribution >= 0.6 is 11.8 Å². The Bertz CT molecular complexity index is 1350. The highest BCUT2D eigenvalue weighted by atomic mass is 32.2. The van der Waals surface area contributed by atoms with E-state index in [9.17, 15) is 14.4 Å². The molecule has 9 heteroatoms. The van der Waals surface area contributed by atoms with Gasteiger partial charge in [0, 0.05) is 52.2 Å². The number of nitrogens with zero attached hydrogens (tertiary/aromatic N) is 1. The third kappa shape index (κ3) is 9.53. The smallest absolute Gasteiger partial charge is 0.247 e. The van der Waals surface area contributed by atoms with Crippen molar-refractivity contribution >= 4 is 40.8 Å². The van der Waals surface area contributed by atoms with Crippen molar-refractivity contribution in [2.75, 3.05) is 32.9 Å². The first-order chi connectivity index (χ1) is 20.9. The van der Waals surface area contributed by atoms with Gasteiger partial charge in [0.1, 0.15) is 0 Å². The van der Waals surface area contributed by atoms with Crippen LogP contribution in [0.3, 0.4) is 0 Å². The number of likely N-dealkylation sites (N-methyl/N-ethyl adjacent to an activating group) is 1. The van der Waals surface area contributed by atoms with Gasteiger partial charge in [-0.2, -0.15) is 0 Å². The van der Waals surface area contributed by atoms with Crippen molar-refractivity contribution in [3.8, 4) is 0 Å². The number of hydrogen-bond acceptors (Lipinski definition) is 7. The summed E-state index contributed by atoms with van der Waals surface area (Å²) in [4.78, 5) is 42.2. The third-order valence-electron chi connectivity index (χ3n) is 8.34. The number of ketones is 1. The summed E-state index contributed by atoms with van der Waals surface area (Å²) in [6.07, 6.45) is 3.53. The summed E-state index contributed by atoms with van der Waals surface area (Å²) in [6, 6.07) is 15.2. The van der Waals surface area contributed by atoms with Crippen LogP contribution in [0.1, 0.15) is 57.6 Å². The van der Waals surface area contributed by atoms with E-state index in [0.717, 1.165) is 23.3 Å². The highest BCUT2D eigenvalue weighted by molar-refractivity contribution is 8.00. The molecule has 5 N–H and O–H groups in total. The number of carbonyl (C=O) groups is 3. The molecular weight excluding hydrogens is 570 g/mol. The van der Waals surface area contributed by atoms with Crippen LogP contribution < -0.4 is 16.4 Å². The second-order valence-electron chi connectivity index (χ2n) is 12.2. The third-order valence-corrected chi connectivity index (χ3v) is 9.81. The standard InChI is InChI=1S/C35H49N5O3S/c1-7-24-15-16-28(36)30(17-24)44-26(8-2)18-29(39-31(41)9-3)33(42)32(37)27-20-35(27,19-25-13-11-10-12-14-25)22-38-34(43)23(4)21-40(5)6/h10-17,26-27,29,37H,4,7-9,18-22,36H2,1-3,5-6H3,(H,38,43)(H,39,41)/t26?,27?,29-,35?/m0/s1. The Balaban J connectivity index is 1.80. The second-order valence-corrected chi connectivity index (χ2v) is 13.5. The number of amides is 2. The number of anilines is 1. The second kappa shape index (κ2) is 16.0. The quantitative estimate of drug-likeness (QED) is 0.0800. The zero-order valence-electron chi connectivity index (χ0n) is 26.9. The number of carbonyl (C=O) groups excluding carboxylic acids is 3. The summed E-state index contributed by atoms with van der Waals surface area (Å²) in [5.74, 6) is -1.13. The van der Waals surface area contributed by atoms with E-state index in [1.165, 1.54) is 5.56 Å². The molecule has 0 aliphatic heterocycles. The van der Waals surface area contributed by atoms with Gasteiger partial charge in [0.15, 0.2) is 5.78 Å². The summed E-state index contributed by atoms with van der Waals surface area (Å²) in [5.41, 5.74) is 9.26. The summed E-state index contributed by atoms with van der Waals surface area (Å²) in [7, 11) is 3.76. The summed E-state index contributed by atoms with van der Waals surface area (Å²) >= 11 is 1.62. The average Bonchev–Trinajstić information content (AvgIpc) is 3.72. The number of rotatable bonds is 18. The molecule has 0 radical (unpaired) electrons. The molecule has 2 amide bonds. The van der Waals surface area contributed by atoms with Crippen LogP contribution in [0.15, 0.2) is 65.6 Å². The molecule has 4 atom stereocenters. The molecule has 1 aliphatic rings. The van der Waals surface area contributed by atoms with Gasteiger partial charge in [-0.05, 0) is 69.5 Å². The number of nitrogens with two attached hydrogens (primary N) is 1. The van der Waals surface area contributed by atoms with Gasteiger partial charge < -0.3 is 26.7 Å². The highest BCUT2D eigenvalue weighted by Crippen LogP contribution is 2.55. The van der Waals surface area contributed by atoms with Crippen molar-refractivity contribution in [2.45, 2.75) is 75.5 Å². The fourth-order valence-electron chi connectivity index (χ4n) is 5.57. The minimum atomic E-state index is -0.813. The summed E-state index contributed by atoms with van der Waals surface area (Å²) in [6.45, 7) is 10.6. The Hall–Kier alpha value is -3.43. The monoisotopic (exact) mass is 619 g/mol. The first-order valence-electron chi connectivity index (χ1n) is 15.5. The first-order valence-corrected chi connectivity index (χ1v) is 16.4. The predicted molar refractivity (Wildman–Crippen MR) is 181 cm³/mol. The van der Waals surface area contributed by atoms with Crippen molar-refractivity contribution in [2.24, 2.45) is 11.3 Å². The zero-order chi connectivity index (χ0) is 32.4. The number of nitrogen functional groups attached to an aromatic ring is 1. The molecule has 1 aliphatic carbocycles. The van der Waals surface area contributed by atoms with E-state index in [1.807, 2.05) is 61.5 Å². The van der Waals surface area contributed by atoms with Crippen LogP contribution in [0.2, 0.25) is 0 Å². The van der Waals surface area contributed by atoms with Crippen LogP contribution in [-0.4, -0.2) is 66.7 Å². The summed E-state index contributed by atoms with van der Waals surface area (Å²) in [5, 5.41) is 15.0. The van der Waals surface area contributed by atoms with Crippen LogP contribution in [0.4, 0.5) is 5.69 Å². The lowest BCUT2D eigenvalue weighted by atomic mass is 9.89. The van der Waals surface area contributed by atoms with Gasteiger partial charge in [0.25, 0.3) is 0 Å². The lowest BCUT2D eigenvalue weighted by Gasteiger charge is -2.25. The number of Topliss-reactive ketones (excluding diaryl/α,β-unsaturated/α-hetero) is 1. The normalized spacial score (nSPS) is 18.7. The Morgan fingerprint density at radius 2 is 1.82 bits per heavy atom. The van der Waals surface area contributed by atoms with E-state index in [2.05, 4.69) is 37.1 Å². The SMILES string of the molecule is C=C(CN(C)C)C(=O)NCC1(Cc2ccccc2)CC1C(=N)C(=O)[C@H](CC(CC)Sc1cc(CC)ccc1N)NC(=O)CC. The lowest BCUT2D eigenvalue weighted by molar-refractivity contribution is -0.125. The lowest BCUT2D eigenvalue weighted by Crippen LogP contribution is -2.46. The summed E-state index contributed by atoms with van der Waals surface area (Å²) < 4.78 is 0. The van der Waals surface area contributed by atoms with Gasteiger partial charge in [0.05, 0.1) is 11.8 Å². The zero-order valence-corrected chi connectivity index (χ0v) is 27.7. The van der Waals surface area contributed by atoms with E-state index < -0.39 is 11.5 Å². The molecule has 3 unspecified atom stereocenters. The number of thioether (sulfide) groups is 1. The molecular formula is C35H49N5O3S. The predicted octanol–water partition coefficient (Wildman–Crippen LogP) is 5.06. The van der Waals surface area contributed by atoms with Crippen LogP contribution in [0.25, 0.3) is 0 Å². The largest absolute Gasteiger partial charge is 0.398 e. The molecule has 2 aromatic rings. The van der Waals surface area contributed by atoms with E-state index in [1.54, 1.807) is 18.7 Å². The number of benzene rings is 2. The molecule has 0 spiro atoms. The molecule has 1 fully saturated rings.